The highest BCUT2D eigenvalue weighted by atomic mass is 32.2. The topological polar surface area (TPSA) is 40.2 Å². The number of aromatic nitrogens is 1. The van der Waals surface area contributed by atoms with Gasteiger partial charge in [0, 0.05) is 23.0 Å². The summed E-state index contributed by atoms with van der Waals surface area (Å²) in [6.07, 6.45) is 1.84. The lowest BCUT2D eigenvalue weighted by molar-refractivity contribution is 0.218. The fourth-order valence-electron chi connectivity index (χ4n) is 2.74. The largest absolute Gasteiger partial charge is 0.485 e. The van der Waals surface area contributed by atoms with E-state index in [1.54, 1.807) is 17.8 Å². The zero-order chi connectivity index (χ0) is 16.6. The van der Waals surface area contributed by atoms with Crippen LogP contribution in [0.1, 0.15) is 18.7 Å². The van der Waals surface area contributed by atoms with E-state index in [1.807, 2.05) is 55.1 Å². The van der Waals surface area contributed by atoms with Gasteiger partial charge in [0.05, 0.1) is 11.2 Å². The van der Waals surface area contributed by atoms with Gasteiger partial charge in [0.25, 0.3) is 0 Å². The van der Waals surface area contributed by atoms with Crippen molar-refractivity contribution in [2.45, 2.75) is 17.9 Å². The van der Waals surface area contributed by atoms with Crippen LogP contribution in [0.25, 0.3) is 10.9 Å². The summed E-state index contributed by atoms with van der Waals surface area (Å²) in [7, 11) is 1.90. The standard InChI is InChI=1S/C18H19FN2OS/c1-11(22-13-4-6-14(23-3)7-5-13)17-10-15-16(19)8-12(20)9-18(15)21(17)2/h4-11H,20H2,1-3H3. The molecule has 0 aliphatic heterocycles. The molecular formula is C18H19FN2OS. The fraction of sp³-hybridized carbons (Fsp3) is 0.222. The monoisotopic (exact) mass is 330 g/mol. The molecule has 23 heavy (non-hydrogen) atoms. The van der Waals surface area contributed by atoms with Crippen LogP contribution >= 0.6 is 11.8 Å². The number of aryl methyl sites for hydroxylation is 1. The molecule has 1 unspecified atom stereocenters. The molecule has 0 radical (unpaired) electrons. The molecule has 0 aliphatic rings. The normalized spacial score (nSPS) is 12.5. The molecule has 3 rings (SSSR count). The van der Waals surface area contributed by atoms with Crippen molar-refractivity contribution in [2.24, 2.45) is 7.05 Å². The molecule has 2 aromatic carbocycles. The highest BCUT2D eigenvalue weighted by Gasteiger charge is 2.16. The molecule has 120 valence electrons. The minimum atomic E-state index is -0.307. The van der Waals surface area contributed by atoms with Crippen molar-refractivity contribution in [1.82, 2.24) is 4.57 Å². The Balaban J connectivity index is 1.92. The Labute approximate surface area is 139 Å². The van der Waals surface area contributed by atoms with Crippen molar-refractivity contribution in [3.8, 4) is 5.75 Å². The molecule has 3 aromatic rings. The maximum Gasteiger partial charge on any atom is 0.136 e. The Morgan fingerprint density at radius 1 is 1.17 bits per heavy atom. The van der Waals surface area contributed by atoms with Gasteiger partial charge in [-0.25, -0.2) is 4.39 Å². The molecule has 0 fully saturated rings. The molecule has 1 heterocycles. The quantitative estimate of drug-likeness (QED) is 0.554. The third kappa shape index (κ3) is 3.01. The molecule has 0 saturated heterocycles. The molecule has 0 amide bonds. The number of ether oxygens (including phenoxy) is 1. The van der Waals surface area contributed by atoms with Crippen molar-refractivity contribution >= 4 is 28.4 Å². The SMILES string of the molecule is CSc1ccc(OC(C)c2cc3c(F)cc(N)cc3n2C)cc1. The van der Waals surface area contributed by atoms with Crippen LogP contribution in [0.2, 0.25) is 0 Å². The van der Waals surface area contributed by atoms with E-state index in [2.05, 4.69) is 0 Å². The zero-order valence-corrected chi connectivity index (χ0v) is 14.2. The molecule has 0 saturated carbocycles. The third-order valence-electron chi connectivity index (χ3n) is 3.96. The summed E-state index contributed by atoms with van der Waals surface area (Å²) >= 11 is 1.69. The van der Waals surface area contributed by atoms with Crippen LogP contribution in [0.4, 0.5) is 10.1 Å². The van der Waals surface area contributed by atoms with Crippen molar-refractivity contribution in [3.05, 3.63) is 54.0 Å². The number of fused-ring (bicyclic) bond motifs is 1. The van der Waals surface area contributed by atoms with Crippen LogP contribution in [0.3, 0.4) is 0 Å². The van der Waals surface area contributed by atoms with Gasteiger partial charge in [0.1, 0.15) is 17.7 Å². The number of benzene rings is 2. The van der Waals surface area contributed by atoms with E-state index in [1.165, 1.54) is 11.0 Å². The Hall–Kier alpha value is -2.14. The van der Waals surface area contributed by atoms with Crippen molar-refractivity contribution in [1.29, 1.82) is 0 Å². The molecule has 0 spiro atoms. The van der Waals surface area contributed by atoms with Gasteiger partial charge in [-0.3, -0.25) is 0 Å². The first kappa shape index (κ1) is 15.7. The van der Waals surface area contributed by atoms with Gasteiger partial charge in [0.2, 0.25) is 0 Å². The smallest absolute Gasteiger partial charge is 0.136 e. The van der Waals surface area contributed by atoms with Gasteiger partial charge in [-0.05, 0) is 55.6 Å². The van der Waals surface area contributed by atoms with E-state index in [-0.39, 0.29) is 11.9 Å². The predicted octanol–water partition coefficient (Wildman–Crippen LogP) is 4.76. The minimum absolute atomic E-state index is 0.201. The van der Waals surface area contributed by atoms with E-state index in [0.717, 1.165) is 17.0 Å². The number of rotatable bonds is 4. The molecule has 3 nitrogen and oxygen atoms in total. The van der Waals surface area contributed by atoms with E-state index in [4.69, 9.17) is 10.5 Å². The number of anilines is 1. The van der Waals surface area contributed by atoms with E-state index in [0.29, 0.717) is 11.1 Å². The molecule has 1 aromatic heterocycles. The molecule has 1 atom stereocenters. The number of halogens is 1. The van der Waals surface area contributed by atoms with Crippen molar-refractivity contribution in [3.63, 3.8) is 0 Å². The summed E-state index contributed by atoms with van der Waals surface area (Å²) in [5.41, 5.74) is 7.83. The molecule has 0 bridgehead atoms. The third-order valence-corrected chi connectivity index (χ3v) is 4.70. The highest BCUT2D eigenvalue weighted by molar-refractivity contribution is 7.98. The average molecular weight is 330 g/mol. The Morgan fingerprint density at radius 2 is 1.87 bits per heavy atom. The van der Waals surface area contributed by atoms with Gasteiger partial charge >= 0.3 is 0 Å². The van der Waals surface area contributed by atoms with Gasteiger partial charge in [-0.2, -0.15) is 0 Å². The van der Waals surface area contributed by atoms with Crippen LogP contribution in [0, 0.1) is 5.82 Å². The Kier molecular flexibility index (Phi) is 4.22. The van der Waals surface area contributed by atoms with Crippen LogP contribution < -0.4 is 10.5 Å². The summed E-state index contributed by atoms with van der Waals surface area (Å²) in [6, 6.07) is 12.9. The Morgan fingerprint density at radius 3 is 2.52 bits per heavy atom. The lowest BCUT2D eigenvalue weighted by Crippen LogP contribution is -2.07. The number of nitrogens with zero attached hydrogens (tertiary/aromatic N) is 1. The summed E-state index contributed by atoms with van der Waals surface area (Å²) in [6.45, 7) is 1.96. The second kappa shape index (κ2) is 6.16. The minimum Gasteiger partial charge on any atom is -0.485 e. The zero-order valence-electron chi connectivity index (χ0n) is 13.3. The van der Waals surface area contributed by atoms with Crippen LogP contribution in [0.5, 0.6) is 5.75 Å². The first-order valence-corrected chi connectivity index (χ1v) is 8.57. The highest BCUT2D eigenvalue weighted by Crippen LogP contribution is 2.30. The van der Waals surface area contributed by atoms with Crippen LogP contribution in [-0.4, -0.2) is 10.8 Å². The maximum absolute atomic E-state index is 14.1. The molecule has 0 aliphatic carbocycles. The van der Waals surface area contributed by atoms with E-state index >= 15 is 0 Å². The maximum atomic E-state index is 14.1. The van der Waals surface area contributed by atoms with Crippen LogP contribution in [0.15, 0.2) is 47.4 Å². The number of hydrogen-bond donors (Lipinski definition) is 1. The van der Waals surface area contributed by atoms with E-state index in [9.17, 15) is 4.39 Å². The second-order valence-corrected chi connectivity index (χ2v) is 6.38. The molecule has 5 heteroatoms. The number of thioether (sulfide) groups is 1. The predicted molar refractivity (Wildman–Crippen MR) is 94.6 cm³/mol. The molecule has 2 N–H and O–H groups in total. The van der Waals surface area contributed by atoms with E-state index < -0.39 is 0 Å². The summed E-state index contributed by atoms with van der Waals surface area (Å²) in [4.78, 5) is 1.19. The van der Waals surface area contributed by atoms with Gasteiger partial charge in [-0.1, -0.05) is 0 Å². The van der Waals surface area contributed by atoms with Crippen LogP contribution in [-0.2, 0) is 7.05 Å². The summed E-state index contributed by atoms with van der Waals surface area (Å²) < 4.78 is 22.0. The number of hydrogen-bond acceptors (Lipinski definition) is 3. The average Bonchev–Trinajstić information content (AvgIpc) is 2.86. The lowest BCUT2D eigenvalue weighted by atomic mass is 10.2. The van der Waals surface area contributed by atoms with Gasteiger partial charge < -0.3 is 15.0 Å². The summed E-state index contributed by atoms with van der Waals surface area (Å²) in [5, 5.41) is 0.560. The fourth-order valence-corrected chi connectivity index (χ4v) is 3.14. The second-order valence-electron chi connectivity index (χ2n) is 5.50. The Bertz CT molecular complexity index is 842. The first-order chi connectivity index (χ1) is 11.0. The lowest BCUT2D eigenvalue weighted by Gasteiger charge is -2.16. The number of nitrogen functional groups attached to an aromatic ring is 1. The number of nitrogens with two attached hydrogens (primary N) is 1. The van der Waals surface area contributed by atoms with Crippen molar-refractivity contribution in [2.75, 3.05) is 12.0 Å². The van der Waals surface area contributed by atoms with Gasteiger partial charge in [0.15, 0.2) is 0 Å². The first-order valence-electron chi connectivity index (χ1n) is 7.34. The molecular weight excluding hydrogens is 311 g/mol. The van der Waals surface area contributed by atoms with Gasteiger partial charge in [-0.15, -0.1) is 11.8 Å². The van der Waals surface area contributed by atoms with Crippen molar-refractivity contribution < 1.29 is 9.13 Å². The summed E-state index contributed by atoms with van der Waals surface area (Å²) in [5.74, 6) is 0.485.